The molecular weight excluding hydrogens is 250 g/mol. The Kier molecular flexibility index (Phi) is 4.11. The fraction of sp³-hybridized carbons (Fsp3) is 0.500. The maximum Gasteiger partial charge on any atom is 0.137 e. The lowest BCUT2D eigenvalue weighted by Gasteiger charge is -2.21. The van der Waals surface area contributed by atoms with Gasteiger partial charge in [0.2, 0.25) is 0 Å². The Morgan fingerprint density at radius 1 is 1.10 bits per heavy atom. The van der Waals surface area contributed by atoms with Crippen LogP contribution >= 0.6 is 0 Å². The summed E-state index contributed by atoms with van der Waals surface area (Å²) in [6.45, 7) is 0.627. The van der Waals surface area contributed by atoms with Crippen LogP contribution in [-0.2, 0) is 0 Å². The summed E-state index contributed by atoms with van der Waals surface area (Å²) in [4.78, 5) is 9.48. The largest absolute Gasteiger partial charge is 0.395 e. The number of aliphatic hydroxyl groups excluding tert-OH is 1. The lowest BCUT2D eigenvalue weighted by molar-refractivity contribution is 0.311. The monoisotopic (exact) mass is 271 g/mol. The van der Waals surface area contributed by atoms with Crippen LogP contribution in [0, 0.1) is 0 Å². The molecule has 0 aliphatic heterocycles. The van der Waals surface area contributed by atoms with Crippen LogP contribution in [0.2, 0.25) is 0 Å². The highest BCUT2D eigenvalue weighted by Crippen LogP contribution is 2.32. The average Bonchev–Trinajstić information content (AvgIpc) is 2.53. The molecule has 0 spiro atoms. The molecule has 0 radical (unpaired) electrons. The molecule has 1 fully saturated rings. The second kappa shape index (κ2) is 6.18. The molecule has 4 nitrogen and oxygen atoms in total. The Hall–Kier alpha value is -1.68. The molecule has 20 heavy (non-hydrogen) atoms. The highest BCUT2D eigenvalue weighted by atomic mass is 16.3. The summed E-state index contributed by atoms with van der Waals surface area (Å²) in [7, 11) is 0. The van der Waals surface area contributed by atoms with Crippen molar-refractivity contribution in [2.75, 3.05) is 18.5 Å². The second-order valence-electron chi connectivity index (χ2n) is 5.43. The number of para-hydroxylation sites is 1. The van der Waals surface area contributed by atoms with Crippen molar-refractivity contribution in [3.63, 3.8) is 0 Å². The molecule has 1 aliphatic carbocycles. The van der Waals surface area contributed by atoms with Gasteiger partial charge >= 0.3 is 0 Å². The van der Waals surface area contributed by atoms with E-state index in [-0.39, 0.29) is 6.61 Å². The number of aliphatic hydroxyl groups is 1. The molecule has 2 N–H and O–H groups in total. The molecule has 106 valence electrons. The molecule has 1 saturated carbocycles. The van der Waals surface area contributed by atoms with E-state index in [1.807, 2.05) is 24.3 Å². The predicted octanol–water partition coefficient (Wildman–Crippen LogP) is 3.08. The van der Waals surface area contributed by atoms with Gasteiger partial charge in [-0.05, 0) is 25.0 Å². The summed E-state index contributed by atoms with van der Waals surface area (Å²) in [5.41, 5.74) is 0.989. The van der Waals surface area contributed by atoms with Gasteiger partial charge in [0.05, 0.1) is 12.1 Å². The third kappa shape index (κ3) is 2.75. The Balaban J connectivity index is 1.99. The number of hydrogen-bond acceptors (Lipinski definition) is 4. The van der Waals surface area contributed by atoms with E-state index in [0.717, 1.165) is 22.5 Å². The molecule has 0 unspecified atom stereocenters. The molecule has 0 amide bonds. The van der Waals surface area contributed by atoms with Gasteiger partial charge in [0.15, 0.2) is 0 Å². The summed E-state index contributed by atoms with van der Waals surface area (Å²) < 4.78 is 0. The van der Waals surface area contributed by atoms with Crippen molar-refractivity contribution in [2.45, 2.75) is 38.0 Å². The van der Waals surface area contributed by atoms with Crippen molar-refractivity contribution in [1.29, 1.82) is 0 Å². The third-order valence-corrected chi connectivity index (χ3v) is 4.00. The second-order valence-corrected chi connectivity index (χ2v) is 5.43. The Labute approximate surface area is 119 Å². The van der Waals surface area contributed by atoms with Gasteiger partial charge in [-0.3, -0.25) is 0 Å². The molecular formula is C16H21N3O. The van der Waals surface area contributed by atoms with Gasteiger partial charge in [0, 0.05) is 17.8 Å². The summed E-state index contributed by atoms with van der Waals surface area (Å²) in [6.07, 6.45) is 6.27. The van der Waals surface area contributed by atoms with E-state index in [4.69, 9.17) is 15.1 Å². The first-order valence-corrected chi connectivity index (χ1v) is 7.50. The van der Waals surface area contributed by atoms with Crippen LogP contribution in [0.25, 0.3) is 10.9 Å². The lowest BCUT2D eigenvalue weighted by Crippen LogP contribution is -2.13. The van der Waals surface area contributed by atoms with Gasteiger partial charge in [-0.25, -0.2) is 9.97 Å². The van der Waals surface area contributed by atoms with Crippen molar-refractivity contribution >= 4 is 16.7 Å². The lowest BCUT2D eigenvalue weighted by atomic mass is 9.88. The summed E-state index contributed by atoms with van der Waals surface area (Å²) in [5, 5.41) is 13.3. The van der Waals surface area contributed by atoms with Gasteiger partial charge in [-0.1, -0.05) is 31.4 Å². The maximum absolute atomic E-state index is 9.01. The summed E-state index contributed by atoms with van der Waals surface area (Å²) >= 11 is 0. The van der Waals surface area contributed by atoms with E-state index in [0.29, 0.717) is 12.5 Å². The van der Waals surface area contributed by atoms with Gasteiger partial charge in [0.1, 0.15) is 11.6 Å². The summed E-state index contributed by atoms with van der Waals surface area (Å²) in [5.74, 6) is 2.30. The Morgan fingerprint density at radius 3 is 2.70 bits per heavy atom. The molecule has 0 saturated heterocycles. The van der Waals surface area contributed by atoms with Gasteiger partial charge in [-0.2, -0.15) is 0 Å². The van der Waals surface area contributed by atoms with Crippen molar-refractivity contribution in [2.24, 2.45) is 0 Å². The third-order valence-electron chi connectivity index (χ3n) is 4.00. The molecule has 1 aliphatic rings. The predicted molar refractivity (Wildman–Crippen MR) is 80.9 cm³/mol. The van der Waals surface area contributed by atoms with Gasteiger partial charge in [0.25, 0.3) is 0 Å². The van der Waals surface area contributed by atoms with Crippen molar-refractivity contribution in [3.8, 4) is 0 Å². The molecule has 1 aromatic carbocycles. The minimum Gasteiger partial charge on any atom is -0.395 e. The zero-order chi connectivity index (χ0) is 13.8. The van der Waals surface area contributed by atoms with E-state index in [1.54, 1.807) is 0 Å². The quantitative estimate of drug-likeness (QED) is 0.897. The van der Waals surface area contributed by atoms with Crippen molar-refractivity contribution in [3.05, 3.63) is 30.1 Å². The minimum absolute atomic E-state index is 0.108. The van der Waals surface area contributed by atoms with Crippen LogP contribution in [0.4, 0.5) is 5.82 Å². The van der Waals surface area contributed by atoms with E-state index < -0.39 is 0 Å². The smallest absolute Gasteiger partial charge is 0.137 e. The van der Waals surface area contributed by atoms with Crippen LogP contribution in [0.3, 0.4) is 0 Å². The average molecular weight is 271 g/mol. The highest BCUT2D eigenvalue weighted by Gasteiger charge is 2.19. The molecule has 4 heteroatoms. The molecule has 3 rings (SSSR count). The number of nitrogens with one attached hydrogen (secondary N) is 1. The minimum atomic E-state index is 0.108. The highest BCUT2D eigenvalue weighted by molar-refractivity contribution is 5.89. The maximum atomic E-state index is 9.01. The van der Waals surface area contributed by atoms with E-state index in [1.165, 1.54) is 32.1 Å². The number of fused-ring (bicyclic) bond motifs is 1. The zero-order valence-electron chi connectivity index (χ0n) is 11.7. The van der Waals surface area contributed by atoms with Crippen LogP contribution < -0.4 is 5.32 Å². The summed E-state index contributed by atoms with van der Waals surface area (Å²) in [6, 6.07) is 8.07. The van der Waals surface area contributed by atoms with Crippen LogP contribution in [-0.4, -0.2) is 28.2 Å². The topological polar surface area (TPSA) is 58.0 Å². The standard InChI is InChI=1S/C16H21N3O/c20-11-10-17-16-13-8-4-5-9-14(13)18-15(19-16)12-6-2-1-3-7-12/h4-5,8-9,12,20H,1-3,6-7,10-11H2,(H,17,18,19). The molecule has 2 aromatic rings. The molecule has 0 atom stereocenters. The number of aromatic nitrogens is 2. The van der Waals surface area contributed by atoms with Crippen molar-refractivity contribution in [1.82, 2.24) is 9.97 Å². The number of nitrogens with zero attached hydrogens (tertiary/aromatic N) is 2. The van der Waals surface area contributed by atoms with E-state index in [2.05, 4.69) is 5.32 Å². The Bertz CT molecular complexity index is 579. The van der Waals surface area contributed by atoms with Crippen LogP contribution in [0.5, 0.6) is 0 Å². The fourth-order valence-electron chi connectivity index (χ4n) is 2.95. The Morgan fingerprint density at radius 2 is 1.90 bits per heavy atom. The van der Waals surface area contributed by atoms with E-state index in [9.17, 15) is 0 Å². The normalized spacial score (nSPS) is 16.4. The first kappa shape index (κ1) is 13.3. The molecule has 0 bridgehead atoms. The number of benzene rings is 1. The SMILES string of the molecule is OCCNc1nc(C2CCCCC2)nc2ccccc12. The number of hydrogen-bond donors (Lipinski definition) is 2. The van der Waals surface area contributed by atoms with Crippen LogP contribution in [0.1, 0.15) is 43.8 Å². The number of anilines is 1. The van der Waals surface area contributed by atoms with Gasteiger partial charge in [-0.15, -0.1) is 0 Å². The zero-order valence-corrected chi connectivity index (χ0v) is 11.7. The van der Waals surface area contributed by atoms with Crippen LogP contribution in [0.15, 0.2) is 24.3 Å². The fourth-order valence-corrected chi connectivity index (χ4v) is 2.95. The van der Waals surface area contributed by atoms with Gasteiger partial charge < -0.3 is 10.4 Å². The first-order chi connectivity index (χ1) is 9.88. The molecule has 1 heterocycles. The first-order valence-electron chi connectivity index (χ1n) is 7.50. The molecule has 1 aromatic heterocycles. The number of rotatable bonds is 4. The van der Waals surface area contributed by atoms with Crippen molar-refractivity contribution < 1.29 is 5.11 Å². The van der Waals surface area contributed by atoms with E-state index >= 15 is 0 Å².